The van der Waals surface area contributed by atoms with Crippen LogP contribution >= 0.6 is 24.0 Å². The summed E-state index contributed by atoms with van der Waals surface area (Å²) >= 11 is 0. The third kappa shape index (κ3) is 7.43. The number of halogens is 2. The number of hydrogen-bond donors (Lipinski definition) is 1. The molecule has 2 aromatic carbocycles. The van der Waals surface area contributed by atoms with Crippen LogP contribution in [0.25, 0.3) is 0 Å². The fourth-order valence-corrected chi connectivity index (χ4v) is 2.34. The molecule has 0 saturated heterocycles. The van der Waals surface area contributed by atoms with E-state index >= 15 is 0 Å². The smallest absolute Gasteiger partial charge is 0.194 e. The van der Waals surface area contributed by atoms with Gasteiger partial charge in [0.15, 0.2) is 17.5 Å². The van der Waals surface area contributed by atoms with Gasteiger partial charge in [0.1, 0.15) is 6.61 Å². The molecule has 0 fully saturated rings. The van der Waals surface area contributed by atoms with Gasteiger partial charge >= 0.3 is 0 Å². The third-order valence-electron chi connectivity index (χ3n) is 3.68. The Bertz CT molecular complexity index is 792. The van der Waals surface area contributed by atoms with Crippen LogP contribution in [0.5, 0.6) is 5.75 Å². The molecule has 144 valence electrons. The summed E-state index contributed by atoms with van der Waals surface area (Å²) in [5.41, 5.74) is 1.59. The van der Waals surface area contributed by atoms with Crippen LogP contribution in [0.3, 0.4) is 0 Å². The minimum Gasteiger partial charge on any atom is -0.489 e. The van der Waals surface area contributed by atoms with Crippen LogP contribution in [0.4, 0.5) is 4.39 Å². The standard InChI is InChI=1S/C20H23FN4O.HI/c1-3-23-20(24-15-17-8-6-7-16(13-17)14-22)25(2)11-12-26-19-10-5-4-9-18(19)21;/h4-10,13H,3,11-12,15H2,1-2H3,(H,23,24);1H. The van der Waals surface area contributed by atoms with Gasteiger partial charge in [-0.05, 0) is 36.8 Å². The van der Waals surface area contributed by atoms with Crippen LogP contribution in [0.1, 0.15) is 18.1 Å². The molecule has 0 radical (unpaired) electrons. The lowest BCUT2D eigenvalue weighted by Crippen LogP contribution is -2.40. The van der Waals surface area contributed by atoms with E-state index in [0.717, 1.165) is 18.1 Å². The number of para-hydroxylation sites is 1. The van der Waals surface area contributed by atoms with Gasteiger partial charge in [-0.2, -0.15) is 5.26 Å². The van der Waals surface area contributed by atoms with E-state index in [1.165, 1.54) is 6.07 Å². The summed E-state index contributed by atoms with van der Waals surface area (Å²) in [6.45, 7) is 4.09. The van der Waals surface area contributed by atoms with Gasteiger partial charge in [-0.1, -0.05) is 24.3 Å². The van der Waals surface area contributed by atoms with Crippen molar-refractivity contribution in [2.75, 3.05) is 26.7 Å². The van der Waals surface area contributed by atoms with Crippen LogP contribution in [0.2, 0.25) is 0 Å². The van der Waals surface area contributed by atoms with Crippen molar-refractivity contribution in [1.29, 1.82) is 5.26 Å². The highest BCUT2D eigenvalue weighted by Gasteiger charge is 2.07. The first-order valence-corrected chi connectivity index (χ1v) is 8.50. The number of nitriles is 1. The molecule has 5 nitrogen and oxygen atoms in total. The summed E-state index contributed by atoms with van der Waals surface area (Å²) in [6.07, 6.45) is 0. The number of rotatable bonds is 7. The molecule has 0 aliphatic heterocycles. The Morgan fingerprint density at radius 1 is 1.26 bits per heavy atom. The molecular formula is C20H24FIN4O. The fourth-order valence-electron chi connectivity index (χ4n) is 2.34. The first-order chi connectivity index (χ1) is 12.6. The Kier molecular flexibility index (Phi) is 10.2. The minimum atomic E-state index is -0.367. The molecule has 0 bridgehead atoms. The molecule has 0 saturated carbocycles. The second-order valence-electron chi connectivity index (χ2n) is 5.68. The molecule has 2 rings (SSSR count). The number of nitrogens with one attached hydrogen (secondary N) is 1. The lowest BCUT2D eigenvalue weighted by Gasteiger charge is -2.22. The van der Waals surface area contributed by atoms with E-state index in [4.69, 9.17) is 10.00 Å². The number of likely N-dealkylation sites (N-methyl/N-ethyl adjacent to an activating group) is 1. The molecular weight excluding hydrogens is 458 g/mol. The van der Waals surface area contributed by atoms with E-state index in [0.29, 0.717) is 25.3 Å². The maximum absolute atomic E-state index is 13.6. The maximum atomic E-state index is 13.6. The van der Waals surface area contributed by atoms with Crippen molar-refractivity contribution in [2.24, 2.45) is 4.99 Å². The number of aliphatic imine (C=N–C) groups is 1. The first kappa shape index (κ1) is 22.7. The van der Waals surface area contributed by atoms with Crippen LogP contribution in [-0.2, 0) is 6.54 Å². The van der Waals surface area contributed by atoms with Crippen molar-refractivity contribution >= 4 is 29.9 Å². The molecule has 7 heteroatoms. The van der Waals surface area contributed by atoms with E-state index in [1.54, 1.807) is 24.3 Å². The van der Waals surface area contributed by atoms with E-state index < -0.39 is 0 Å². The van der Waals surface area contributed by atoms with Gasteiger partial charge in [0.2, 0.25) is 0 Å². The lowest BCUT2D eigenvalue weighted by molar-refractivity contribution is 0.270. The average molecular weight is 482 g/mol. The Morgan fingerprint density at radius 2 is 2.04 bits per heavy atom. The molecule has 0 unspecified atom stereocenters. The van der Waals surface area contributed by atoms with Crippen LogP contribution in [0.15, 0.2) is 53.5 Å². The summed E-state index contributed by atoms with van der Waals surface area (Å²) in [5, 5.41) is 12.2. The Morgan fingerprint density at radius 3 is 2.74 bits per heavy atom. The minimum absolute atomic E-state index is 0. The zero-order valence-electron chi connectivity index (χ0n) is 15.5. The monoisotopic (exact) mass is 482 g/mol. The van der Waals surface area contributed by atoms with Crippen LogP contribution < -0.4 is 10.1 Å². The molecule has 0 spiro atoms. The third-order valence-corrected chi connectivity index (χ3v) is 3.68. The second kappa shape index (κ2) is 12.1. The summed E-state index contributed by atoms with van der Waals surface area (Å²) < 4.78 is 19.1. The van der Waals surface area contributed by atoms with Gasteiger partial charge in [-0.3, -0.25) is 0 Å². The summed E-state index contributed by atoms with van der Waals surface area (Å²) in [6, 6.07) is 15.9. The molecule has 0 amide bonds. The number of guanidine groups is 1. The normalized spacial score (nSPS) is 10.5. The molecule has 0 heterocycles. The highest BCUT2D eigenvalue weighted by atomic mass is 127. The van der Waals surface area contributed by atoms with Crippen LogP contribution in [-0.4, -0.2) is 37.6 Å². The zero-order chi connectivity index (χ0) is 18.8. The molecule has 0 aromatic heterocycles. The van der Waals surface area contributed by atoms with E-state index in [-0.39, 0.29) is 35.5 Å². The maximum Gasteiger partial charge on any atom is 0.194 e. The Labute approximate surface area is 176 Å². The SMILES string of the molecule is CCNC(=NCc1cccc(C#N)c1)N(C)CCOc1ccccc1F.I. The molecule has 2 aromatic rings. The highest BCUT2D eigenvalue weighted by Crippen LogP contribution is 2.15. The van der Waals surface area contributed by atoms with Gasteiger partial charge in [0, 0.05) is 13.6 Å². The zero-order valence-corrected chi connectivity index (χ0v) is 17.8. The fraction of sp³-hybridized carbons (Fsp3) is 0.300. The van der Waals surface area contributed by atoms with Crippen molar-refractivity contribution < 1.29 is 9.13 Å². The largest absolute Gasteiger partial charge is 0.489 e. The molecule has 1 N–H and O–H groups in total. The Balaban J connectivity index is 0.00000364. The molecule has 0 atom stereocenters. The van der Waals surface area contributed by atoms with E-state index in [9.17, 15) is 4.39 Å². The van der Waals surface area contributed by atoms with Gasteiger partial charge in [0.05, 0.1) is 24.7 Å². The number of ether oxygens (including phenoxy) is 1. The quantitative estimate of drug-likeness (QED) is 0.371. The average Bonchev–Trinajstić information content (AvgIpc) is 2.66. The van der Waals surface area contributed by atoms with Gasteiger partial charge in [-0.15, -0.1) is 24.0 Å². The summed E-state index contributed by atoms with van der Waals surface area (Å²) in [7, 11) is 1.90. The van der Waals surface area contributed by atoms with Crippen molar-refractivity contribution in [2.45, 2.75) is 13.5 Å². The topological polar surface area (TPSA) is 60.7 Å². The predicted octanol–water partition coefficient (Wildman–Crippen LogP) is 3.79. The van der Waals surface area contributed by atoms with Crippen molar-refractivity contribution in [3.63, 3.8) is 0 Å². The van der Waals surface area contributed by atoms with Gasteiger partial charge < -0.3 is 15.0 Å². The first-order valence-electron chi connectivity index (χ1n) is 8.50. The number of hydrogen-bond acceptors (Lipinski definition) is 3. The van der Waals surface area contributed by atoms with Crippen molar-refractivity contribution in [3.05, 3.63) is 65.5 Å². The second-order valence-corrected chi connectivity index (χ2v) is 5.68. The van der Waals surface area contributed by atoms with Crippen molar-refractivity contribution in [3.8, 4) is 11.8 Å². The van der Waals surface area contributed by atoms with E-state index in [2.05, 4.69) is 16.4 Å². The summed E-state index contributed by atoms with van der Waals surface area (Å²) in [5.74, 6) is 0.608. The molecule has 27 heavy (non-hydrogen) atoms. The van der Waals surface area contributed by atoms with Gasteiger partial charge in [0.25, 0.3) is 0 Å². The molecule has 0 aliphatic carbocycles. The van der Waals surface area contributed by atoms with Crippen LogP contribution in [0, 0.1) is 17.1 Å². The van der Waals surface area contributed by atoms with E-state index in [1.807, 2.05) is 37.1 Å². The van der Waals surface area contributed by atoms with Crippen molar-refractivity contribution in [1.82, 2.24) is 10.2 Å². The van der Waals surface area contributed by atoms with Gasteiger partial charge in [-0.25, -0.2) is 9.38 Å². The Hall–Kier alpha value is -2.34. The predicted molar refractivity (Wildman–Crippen MR) is 116 cm³/mol. The number of nitrogens with zero attached hydrogens (tertiary/aromatic N) is 3. The molecule has 0 aliphatic rings. The lowest BCUT2D eigenvalue weighted by atomic mass is 10.1. The highest BCUT2D eigenvalue weighted by molar-refractivity contribution is 14.0. The number of benzene rings is 2. The summed E-state index contributed by atoms with van der Waals surface area (Å²) in [4.78, 5) is 6.52.